The molecule has 3 saturated heterocycles. The lowest BCUT2D eigenvalue weighted by atomic mass is 9.74. The smallest absolute Gasteiger partial charge is 0.276 e. The van der Waals surface area contributed by atoms with Gasteiger partial charge in [-0.1, -0.05) is 12.1 Å². The highest BCUT2D eigenvalue weighted by molar-refractivity contribution is 5.92. The van der Waals surface area contributed by atoms with Crippen molar-refractivity contribution in [2.24, 2.45) is 11.8 Å². The van der Waals surface area contributed by atoms with E-state index in [2.05, 4.69) is 44.6 Å². The minimum atomic E-state index is 0.0133. The van der Waals surface area contributed by atoms with Crippen molar-refractivity contribution >= 4 is 5.91 Å². The lowest BCUT2D eigenvalue weighted by Gasteiger charge is -2.55. The van der Waals surface area contributed by atoms with Crippen LogP contribution in [-0.2, 0) is 0 Å². The Bertz CT molecular complexity index is 822. The van der Waals surface area contributed by atoms with E-state index in [1.807, 2.05) is 4.90 Å². The highest BCUT2D eigenvalue weighted by atomic mass is 16.5. The van der Waals surface area contributed by atoms with Gasteiger partial charge in [-0.3, -0.25) is 9.69 Å². The van der Waals surface area contributed by atoms with Crippen molar-refractivity contribution in [3.05, 3.63) is 41.7 Å². The molecule has 7 heteroatoms. The molecule has 1 amide bonds. The van der Waals surface area contributed by atoms with E-state index >= 15 is 0 Å². The summed E-state index contributed by atoms with van der Waals surface area (Å²) in [6.45, 7) is 2.72. The zero-order chi connectivity index (χ0) is 19.1. The highest BCUT2D eigenvalue weighted by Crippen LogP contribution is 2.44. The van der Waals surface area contributed by atoms with Crippen molar-refractivity contribution in [2.75, 3.05) is 26.7 Å². The number of rotatable bonds is 3. The predicted molar refractivity (Wildman–Crippen MR) is 104 cm³/mol. The molecular formula is C21H27N5O2. The van der Waals surface area contributed by atoms with Gasteiger partial charge in [0.2, 0.25) is 0 Å². The number of aromatic amines is 1. The molecule has 4 atom stereocenters. The van der Waals surface area contributed by atoms with Crippen molar-refractivity contribution in [1.29, 1.82) is 0 Å². The van der Waals surface area contributed by atoms with Crippen LogP contribution in [0.15, 0.2) is 30.5 Å². The zero-order valence-corrected chi connectivity index (χ0v) is 16.3. The summed E-state index contributed by atoms with van der Waals surface area (Å²) in [5, 5.41) is 10.3. The van der Waals surface area contributed by atoms with E-state index in [1.54, 1.807) is 7.11 Å². The van der Waals surface area contributed by atoms with Gasteiger partial charge >= 0.3 is 0 Å². The number of benzene rings is 1. The molecule has 2 aromatic rings. The van der Waals surface area contributed by atoms with E-state index in [-0.39, 0.29) is 5.91 Å². The maximum atomic E-state index is 12.8. The van der Waals surface area contributed by atoms with Gasteiger partial charge < -0.3 is 9.64 Å². The van der Waals surface area contributed by atoms with Crippen LogP contribution in [0.2, 0.25) is 0 Å². The Hall–Kier alpha value is -2.41. The normalized spacial score (nSPS) is 30.0. The number of hydrogen-bond donors (Lipinski definition) is 1. The standard InChI is InChI=1S/C21H27N5O2/c1-28-17-7-5-15(6-8-17)19-3-2-4-20-16-9-14(12-26(19)20)11-25(13-16)21(27)18-10-22-24-23-18/h5-8,10,14,16,19-20H,2-4,9,11-13H2,1H3,(H,22,23,24)/t14-,16+,19+,20-/m0/s1. The van der Waals surface area contributed by atoms with E-state index in [0.29, 0.717) is 29.6 Å². The second kappa shape index (κ2) is 7.20. The van der Waals surface area contributed by atoms with Crippen LogP contribution in [0.5, 0.6) is 5.75 Å². The number of fused-ring (bicyclic) bond motifs is 4. The molecular weight excluding hydrogens is 354 g/mol. The summed E-state index contributed by atoms with van der Waals surface area (Å²) in [4.78, 5) is 17.5. The first-order chi connectivity index (χ1) is 13.7. The van der Waals surface area contributed by atoms with Crippen LogP contribution >= 0.6 is 0 Å². The number of H-pyrrole nitrogens is 1. The number of carbonyl (C=O) groups is 1. The first-order valence-corrected chi connectivity index (χ1v) is 10.3. The number of hydrogen-bond acceptors (Lipinski definition) is 5. The van der Waals surface area contributed by atoms with Gasteiger partial charge in [-0.05, 0) is 55.2 Å². The molecule has 0 radical (unpaired) electrons. The molecule has 3 aliphatic rings. The quantitative estimate of drug-likeness (QED) is 0.884. The summed E-state index contributed by atoms with van der Waals surface area (Å²) in [6, 6.07) is 9.62. The SMILES string of the molecule is COc1ccc([C@H]2CCC[C@H]3[C@@H]4C[C@@H](CN(C(=O)c5cn[nH]n5)C4)CN23)cc1. The molecule has 148 valence electrons. The molecule has 1 aromatic heterocycles. The molecule has 5 rings (SSSR count). The Balaban J connectivity index is 1.35. The minimum absolute atomic E-state index is 0.0133. The van der Waals surface area contributed by atoms with Gasteiger partial charge in [0.15, 0.2) is 5.69 Å². The van der Waals surface area contributed by atoms with Gasteiger partial charge in [0.1, 0.15) is 5.75 Å². The molecule has 2 bridgehead atoms. The minimum Gasteiger partial charge on any atom is -0.497 e. The Labute approximate surface area is 165 Å². The number of aromatic nitrogens is 3. The van der Waals surface area contributed by atoms with Crippen molar-refractivity contribution in [3.8, 4) is 5.75 Å². The van der Waals surface area contributed by atoms with E-state index in [4.69, 9.17) is 4.74 Å². The number of nitrogens with zero attached hydrogens (tertiary/aromatic N) is 4. The van der Waals surface area contributed by atoms with Crippen LogP contribution in [0.3, 0.4) is 0 Å². The first kappa shape index (κ1) is 17.7. The average molecular weight is 381 g/mol. The van der Waals surface area contributed by atoms with Gasteiger partial charge in [0, 0.05) is 31.7 Å². The Kier molecular flexibility index (Phi) is 4.55. The van der Waals surface area contributed by atoms with E-state index in [1.165, 1.54) is 37.4 Å². The van der Waals surface area contributed by atoms with Crippen molar-refractivity contribution in [1.82, 2.24) is 25.2 Å². The summed E-state index contributed by atoms with van der Waals surface area (Å²) in [6.07, 6.45) is 6.45. The van der Waals surface area contributed by atoms with E-state index in [9.17, 15) is 4.79 Å². The first-order valence-electron chi connectivity index (χ1n) is 10.3. The van der Waals surface area contributed by atoms with Crippen LogP contribution < -0.4 is 4.74 Å². The third-order valence-corrected chi connectivity index (χ3v) is 6.81. The zero-order valence-electron chi connectivity index (χ0n) is 16.3. The number of likely N-dealkylation sites (tertiary alicyclic amines) is 1. The summed E-state index contributed by atoms with van der Waals surface area (Å²) in [7, 11) is 1.71. The predicted octanol–water partition coefficient (Wildman–Crippen LogP) is 2.50. The molecule has 4 heterocycles. The van der Waals surface area contributed by atoms with Crippen molar-refractivity contribution < 1.29 is 9.53 Å². The molecule has 0 spiro atoms. The van der Waals surface area contributed by atoms with Crippen molar-refractivity contribution in [3.63, 3.8) is 0 Å². The third kappa shape index (κ3) is 3.07. The summed E-state index contributed by atoms with van der Waals surface area (Å²) >= 11 is 0. The Morgan fingerprint density at radius 2 is 2.04 bits per heavy atom. The van der Waals surface area contributed by atoms with Gasteiger partial charge in [-0.25, -0.2) is 0 Å². The summed E-state index contributed by atoms with van der Waals surface area (Å²) in [5.74, 6) is 2.00. The number of piperidine rings is 3. The van der Waals surface area contributed by atoms with Crippen LogP contribution in [-0.4, -0.2) is 63.9 Å². The largest absolute Gasteiger partial charge is 0.497 e. The molecule has 0 unspecified atom stereocenters. The van der Waals surface area contributed by atoms with E-state index < -0.39 is 0 Å². The van der Waals surface area contributed by atoms with Gasteiger partial charge in [0.25, 0.3) is 5.91 Å². The maximum Gasteiger partial charge on any atom is 0.276 e. The average Bonchev–Trinajstić information content (AvgIpc) is 3.28. The maximum absolute atomic E-state index is 12.8. The van der Waals surface area contributed by atoms with Crippen LogP contribution in [0.1, 0.15) is 47.8 Å². The fourth-order valence-corrected chi connectivity index (χ4v) is 5.62. The lowest BCUT2D eigenvalue weighted by molar-refractivity contribution is -0.0512. The topological polar surface area (TPSA) is 74.3 Å². The van der Waals surface area contributed by atoms with Gasteiger partial charge in [-0.15, -0.1) is 0 Å². The second-order valence-corrected chi connectivity index (χ2v) is 8.41. The monoisotopic (exact) mass is 381 g/mol. The van der Waals surface area contributed by atoms with Gasteiger partial charge in [0.05, 0.1) is 13.3 Å². The Morgan fingerprint density at radius 1 is 1.18 bits per heavy atom. The van der Waals surface area contributed by atoms with E-state index in [0.717, 1.165) is 25.4 Å². The molecule has 3 fully saturated rings. The van der Waals surface area contributed by atoms with Gasteiger partial charge in [-0.2, -0.15) is 15.4 Å². The second-order valence-electron chi connectivity index (χ2n) is 8.41. The number of ether oxygens (including phenoxy) is 1. The van der Waals surface area contributed by atoms with Crippen LogP contribution in [0, 0.1) is 11.8 Å². The summed E-state index contributed by atoms with van der Waals surface area (Å²) < 4.78 is 5.33. The fourth-order valence-electron chi connectivity index (χ4n) is 5.62. The number of methoxy groups -OCH3 is 1. The highest BCUT2D eigenvalue weighted by Gasteiger charge is 2.45. The molecule has 28 heavy (non-hydrogen) atoms. The molecule has 0 saturated carbocycles. The molecule has 0 aliphatic carbocycles. The third-order valence-electron chi connectivity index (χ3n) is 6.81. The Morgan fingerprint density at radius 3 is 2.79 bits per heavy atom. The fraction of sp³-hybridized carbons (Fsp3) is 0.571. The number of nitrogens with one attached hydrogen (secondary N) is 1. The summed E-state index contributed by atoms with van der Waals surface area (Å²) in [5.41, 5.74) is 1.82. The van der Waals surface area contributed by atoms with Crippen molar-refractivity contribution in [2.45, 2.75) is 37.8 Å². The molecule has 1 aromatic carbocycles. The molecule has 3 aliphatic heterocycles. The van der Waals surface area contributed by atoms with Crippen LogP contribution in [0.4, 0.5) is 0 Å². The number of carbonyl (C=O) groups excluding carboxylic acids is 1. The molecule has 7 nitrogen and oxygen atoms in total. The van der Waals surface area contributed by atoms with Crippen LogP contribution in [0.25, 0.3) is 0 Å². The molecule has 1 N–H and O–H groups in total. The lowest BCUT2D eigenvalue weighted by Crippen LogP contribution is -2.60. The number of amides is 1.